The molecule has 2 N–H and O–H groups in total. The standard InChI is InChI=1S/C21H27ClN6S/c22-15-3-5-17(6-4-15)26-9-11-27(12-10-26)21-24-18-7-13-29-19(18)20(25-21)28-8-1-2-16(23)14-28/h3-6,16H,1-2,7-14,23H2. The fourth-order valence-corrected chi connectivity index (χ4v) is 5.66. The third-order valence-electron chi connectivity index (χ3n) is 6.00. The van der Waals surface area contributed by atoms with Gasteiger partial charge in [-0.05, 0) is 37.1 Å². The lowest BCUT2D eigenvalue weighted by Crippen LogP contribution is -2.47. The summed E-state index contributed by atoms with van der Waals surface area (Å²) >= 11 is 7.93. The van der Waals surface area contributed by atoms with Gasteiger partial charge in [0.25, 0.3) is 0 Å². The molecule has 1 aromatic carbocycles. The number of rotatable bonds is 3. The Kier molecular flexibility index (Phi) is 5.45. The fraction of sp³-hybridized carbons (Fsp3) is 0.524. The second kappa shape index (κ2) is 8.20. The molecule has 0 amide bonds. The van der Waals surface area contributed by atoms with Crippen molar-refractivity contribution in [2.45, 2.75) is 30.2 Å². The first kappa shape index (κ1) is 19.3. The predicted molar refractivity (Wildman–Crippen MR) is 122 cm³/mol. The minimum Gasteiger partial charge on any atom is -0.368 e. The minimum atomic E-state index is 0.243. The van der Waals surface area contributed by atoms with Crippen molar-refractivity contribution in [3.05, 3.63) is 35.0 Å². The molecule has 0 saturated carbocycles. The van der Waals surface area contributed by atoms with Gasteiger partial charge in [0.2, 0.25) is 5.95 Å². The maximum Gasteiger partial charge on any atom is 0.227 e. The van der Waals surface area contributed by atoms with E-state index in [1.54, 1.807) is 0 Å². The molecule has 2 saturated heterocycles. The average Bonchev–Trinajstić information content (AvgIpc) is 3.22. The zero-order valence-electron chi connectivity index (χ0n) is 16.6. The molecule has 8 heteroatoms. The van der Waals surface area contributed by atoms with Crippen molar-refractivity contribution in [3.8, 4) is 0 Å². The predicted octanol–water partition coefficient (Wildman–Crippen LogP) is 3.03. The normalized spacial score (nSPS) is 22.1. The number of hydrogen-bond acceptors (Lipinski definition) is 7. The fourth-order valence-electron chi connectivity index (χ4n) is 4.41. The van der Waals surface area contributed by atoms with Crippen LogP contribution in [0.1, 0.15) is 18.5 Å². The van der Waals surface area contributed by atoms with Gasteiger partial charge < -0.3 is 20.4 Å². The van der Waals surface area contributed by atoms with Crippen molar-refractivity contribution in [1.29, 1.82) is 0 Å². The van der Waals surface area contributed by atoms with Crippen LogP contribution >= 0.6 is 23.4 Å². The van der Waals surface area contributed by atoms with Crippen LogP contribution in [-0.4, -0.2) is 61.0 Å². The van der Waals surface area contributed by atoms with Crippen LogP contribution in [0.4, 0.5) is 17.5 Å². The van der Waals surface area contributed by atoms with E-state index in [9.17, 15) is 0 Å². The topological polar surface area (TPSA) is 61.5 Å². The largest absolute Gasteiger partial charge is 0.368 e. The van der Waals surface area contributed by atoms with Crippen LogP contribution in [0.25, 0.3) is 0 Å². The first-order valence-electron chi connectivity index (χ1n) is 10.5. The Balaban J connectivity index is 1.35. The van der Waals surface area contributed by atoms with Crippen LogP contribution in [0.5, 0.6) is 0 Å². The minimum absolute atomic E-state index is 0.243. The highest BCUT2D eigenvalue weighted by molar-refractivity contribution is 7.99. The molecule has 0 radical (unpaired) electrons. The van der Waals surface area contributed by atoms with Crippen LogP contribution in [0.15, 0.2) is 29.2 Å². The number of nitrogens with zero attached hydrogens (tertiary/aromatic N) is 5. The maximum atomic E-state index is 6.25. The molecular formula is C21H27ClN6S. The first-order valence-corrected chi connectivity index (χ1v) is 11.8. The van der Waals surface area contributed by atoms with Crippen LogP contribution in [0.3, 0.4) is 0 Å². The summed E-state index contributed by atoms with van der Waals surface area (Å²) in [4.78, 5) is 18.4. The SMILES string of the molecule is NC1CCCN(c2nc(N3CCN(c4ccc(Cl)cc4)CC3)nc3c2SCC3)C1. The van der Waals surface area contributed by atoms with Gasteiger partial charge in [-0.15, -0.1) is 11.8 Å². The quantitative estimate of drug-likeness (QED) is 0.802. The molecule has 2 fully saturated rings. The van der Waals surface area contributed by atoms with Gasteiger partial charge in [-0.25, -0.2) is 4.98 Å². The van der Waals surface area contributed by atoms with Gasteiger partial charge in [-0.1, -0.05) is 11.6 Å². The van der Waals surface area contributed by atoms with Gasteiger partial charge >= 0.3 is 0 Å². The molecule has 0 bridgehead atoms. The number of piperidine rings is 1. The van der Waals surface area contributed by atoms with E-state index in [2.05, 4.69) is 26.8 Å². The smallest absolute Gasteiger partial charge is 0.227 e. The molecule has 1 atom stereocenters. The zero-order valence-corrected chi connectivity index (χ0v) is 18.1. The molecule has 5 rings (SSSR count). The molecule has 0 aliphatic carbocycles. The van der Waals surface area contributed by atoms with E-state index in [0.29, 0.717) is 0 Å². The van der Waals surface area contributed by atoms with Crippen molar-refractivity contribution in [2.75, 3.05) is 59.7 Å². The van der Waals surface area contributed by atoms with Crippen LogP contribution in [-0.2, 0) is 6.42 Å². The summed E-state index contributed by atoms with van der Waals surface area (Å²) in [6, 6.07) is 8.35. The van der Waals surface area contributed by atoms with E-state index < -0.39 is 0 Å². The van der Waals surface area contributed by atoms with E-state index in [1.807, 2.05) is 23.9 Å². The molecule has 1 aromatic heterocycles. The summed E-state index contributed by atoms with van der Waals surface area (Å²) in [5.41, 5.74) is 8.69. The Morgan fingerprint density at radius 2 is 1.72 bits per heavy atom. The average molecular weight is 431 g/mol. The lowest BCUT2D eigenvalue weighted by molar-refractivity contribution is 0.500. The highest BCUT2D eigenvalue weighted by Gasteiger charge is 2.28. The maximum absolute atomic E-state index is 6.25. The summed E-state index contributed by atoms with van der Waals surface area (Å²) in [6.45, 7) is 5.71. The van der Waals surface area contributed by atoms with Crippen molar-refractivity contribution in [2.24, 2.45) is 5.73 Å². The Hall–Kier alpha value is -1.70. The number of piperazine rings is 1. The van der Waals surface area contributed by atoms with E-state index in [0.717, 1.165) is 81.1 Å². The third-order valence-corrected chi connectivity index (χ3v) is 7.37. The molecule has 3 aliphatic rings. The zero-order chi connectivity index (χ0) is 19.8. The molecule has 29 heavy (non-hydrogen) atoms. The molecule has 2 aromatic rings. The number of benzene rings is 1. The number of thioether (sulfide) groups is 1. The highest BCUT2D eigenvalue weighted by atomic mass is 35.5. The monoisotopic (exact) mass is 430 g/mol. The van der Waals surface area contributed by atoms with Crippen molar-refractivity contribution in [1.82, 2.24) is 9.97 Å². The molecular weight excluding hydrogens is 404 g/mol. The summed E-state index contributed by atoms with van der Waals surface area (Å²) < 4.78 is 0. The number of fused-ring (bicyclic) bond motifs is 1. The molecule has 1 unspecified atom stereocenters. The third kappa shape index (κ3) is 4.00. The summed E-state index contributed by atoms with van der Waals surface area (Å²) in [7, 11) is 0. The lowest BCUT2D eigenvalue weighted by Gasteiger charge is -2.37. The van der Waals surface area contributed by atoms with E-state index in [4.69, 9.17) is 27.3 Å². The Morgan fingerprint density at radius 1 is 0.966 bits per heavy atom. The van der Waals surface area contributed by atoms with Gasteiger partial charge in [-0.2, -0.15) is 4.98 Å². The number of nitrogens with two attached hydrogens (primary N) is 1. The highest BCUT2D eigenvalue weighted by Crippen LogP contribution is 2.39. The van der Waals surface area contributed by atoms with E-state index >= 15 is 0 Å². The summed E-state index contributed by atoms with van der Waals surface area (Å²) in [5, 5.41) is 0.779. The number of hydrogen-bond donors (Lipinski definition) is 1. The first-order chi connectivity index (χ1) is 14.2. The van der Waals surface area contributed by atoms with Gasteiger partial charge in [0.1, 0.15) is 5.82 Å². The molecule has 3 aliphatic heterocycles. The van der Waals surface area contributed by atoms with Crippen molar-refractivity contribution in [3.63, 3.8) is 0 Å². The summed E-state index contributed by atoms with van der Waals surface area (Å²) in [6.07, 6.45) is 3.28. The van der Waals surface area contributed by atoms with Gasteiger partial charge in [0.05, 0.1) is 10.6 Å². The molecule has 6 nitrogen and oxygen atoms in total. The second-order valence-electron chi connectivity index (χ2n) is 8.02. The lowest BCUT2D eigenvalue weighted by atomic mass is 10.1. The number of halogens is 1. The number of aromatic nitrogens is 2. The van der Waals surface area contributed by atoms with Gasteiger partial charge in [-0.3, -0.25) is 0 Å². The Bertz CT molecular complexity index is 868. The van der Waals surface area contributed by atoms with Gasteiger partial charge in [0.15, 0.2) is 0 Å². The van der Waals surface area contributed by atoms with Crippen molar-refractivity contribution >= 4 is 40.8 Å². The molecule has 4 heterocycles. The molecule has 154 valence electrons. The molecule has 0 spiro atoms. The van der Waals surface area contributed by atoms with Crippen LogP contribution < -0.4 is 20.4 Å². The van der Waals surface area contributed by atoms with Crippen molar-refractivity contribution < 1.29 is 0 Å². The van der Waals surface area contributed by atoms with Crippen LogP contribution in [0.2, 0.25) is 5.02 Å². The van der Waals surface area contributed by atoms with Crippen LogP contribution in [0, 0.1) is 0 Å². The number of anilines is 3. The Labute approximate surface area is 181 Å². The summed E-state index contributed by atoms with van der Waals surface area (Å²) in [5.74, 6) is 3.10. The van der Waals surface area contributed by atoms with E-state index in [-0.39, 0.29) is 6.04 Å². The van der Waals surface area contributed by atoms with E-state index in [1.165, 1.54) is 16.3 Å². The second-order valence-corrected chi connectivity index (χ2v) is 9.56. The van der Waals surface area contributed by atoms with Gasteiger partial charge in [0, 0.05) is 68.2 Å². The Morgan fingerprint density at radius 3 is 2.48 bits per heavy atom. The number of aryl methyl sites for hydroxylation is 1.